The maximum absolute atomic E-state index is 6.26. The van der Waals surface area contributed by atoms with Crippen molar-refractivity contribution in [1.82, 2.24) is 0 Å². The van der Waals surface area contributed by atoms with Gasteiger partial charge in [0.15, 0.2) is 0 Å². The molecule has 0 bridgehead atoms. The van der Waals surface area contributed by atoms with E-state index in [0.717, 1.165) is 11.5 Å². The minimum absolute atomic E-state index is 0.697. The number of hydrogen-bond donors (Lipinski definition) is 0. The molecule has 0 aliphatic rings. The predicted molar refractivity (Wildman–Crippen MR) is 89.9 cm³/mol. The highest BCUT2D eigenvalue weighted by Crippen LogP contribution is 2.26. The van der Waals surface area contributed by atoms with Gasteiger partial charge < -0.3 is 8.85 Å². The van der Waals surface area contributed by atoms with Gasteiger partial charge in [-0.1, -0.05) is 48.6 Å². The van der Waals surface area contributed by atoms with E-state index in [1.54, 1.807) is 0 Å². The van der Waals surface area contributed by atoms with Crippen molar-refractivity contribution in [2.75, 3.05) is 0 Å². The molecule has 0 atom stereocenters. The zero-order valence-electron chi connectivity index (χ0n) is 12.1. The molecule has 0 amide bonds. The number of benzene rings is 2. The summed E-state index contributed by atoms with van der Waals surface area (Å²) in [6.07, 6.45) is 3.73. The monoisotopic (exact) mass is 296 g/mol. The summed E-state index contributed by atoms with van der Waals surface area (Å²) in [6.45, 7) is 7.70. The van der Waals surface area contributed by atoms with E-state index >= 15 is 0 Å². The Morgan fingerprint density at radius 1 is 0.714 bits per heavy atom. The molecule has 3 heteroatoms. The first-order chi connectivity index (χ1) is 10.3. The summed E-state index contributed by atoms with van der Waals surface area (Å²) < 4.78 is 12.5. The average Bonchev–Trinajstić information content (AvgIpc) is 2.50. The lowest BCUT2D eigenvalue weighted by molar-refractivity contribution is 0.388. The van der Waals surface area contributed by atoms with E-state index in [-0.39, 0.29) is 0 Å². The van der Waals surface area contributed by atoms with Crippen LogP contribution in [0.5, 0.6) is 11.5 Å². The van der Waals surface area contributed by atoms with Gasteiger partial charge in [-0.15, -0.1) is 13.2 Å². The molecule has 2 rings (SSSR count). The first kappa shape index (κ1) is 15.1. The molecule has 0 spiro atoms. The van der Waals surface area contributed by atoms with Gasteiger partial charge >= 0.3 is 8.56 Å². The lowest BCUT2D eigenvalue weighted by Gasteiger charge is -2.30. The first-order valence-corrected chi connectivity index (χ1v) is 9.21. The largest absolute Gasteiger partial charge is 0.512 e. The molecular weight excluding hydrogens is 276 g/mol. The molecule has 0 aliphatic heterocycles. The van der Waals surface area contributed by atoms with Crippen molar-refractivity contribution in [2.24, 2.45) is 0 Å². The van der Waals surface area contributed by atoms with Gasteiger partial charge in [0, 0.05) is 12.1 Å². The van der Waals surface area contributed by atoms with E-state index in [2.05, 4.69) is 13.2 Å². The van der Waals surface area contributed by atoms with Gasteiger partial charge in [-0.3, -0.25) is 0 Å². The summed E-state index contributed by atoms with van der Waals surface area (Å²) in [6, 6.07) is 20.9. The topological polar surface area (TPSA) is 18.5 Å². The van der Waals surface area contributed by atoms with Crippen molar-refractivity contribution in [1.29, 1.82) is 0 Å². The quantitative estimate of drug-likeness (QED) is 0.506. The smallest absolute Gasteiger partial charge is 0.468 e. The Labute approximate surface area is 127 Å². The normalized spacial score (nSPS) is 10.7. The Bertz CT molecular complexity index is 513. The van der Waals surface area contributed by atoms with Crippen LogP contribution in [0.2, 0.25) is 12.1 Å². The number of hydrogen-bond acceptors (Lipinski definition) is 2. The van der Waals surface area contributed by atoms with Crippen LogP contribution in [-0.4, -0.2) is 8.56 Å². The Hall–Kier alpha value is -2.26. The van der Waals surface area contributed by atoms with Gasteiger partial charge in [0.1, 0.15) is 11.5 Å². The Kier molecular flexibility index (Phi) is 5.40. The summed E-state index contributed by atoms with van der Waals surface area (Å²) >= 11 is 0. The van der Waals surface area contributed by atoms with E-state index < -0.39 is 8.56 Å². The second-order valence-electron chi connectivity index (χ2n) is 4.73. The molecule has 0 unspecified atom stereocenters. The van der Waals surface area contributed by atoms with Crippen molar-refractivity contribution < 1.29 is 8.85 Å². The van der Waals surface area contributed by atoms with Crippen molar-refractivity contribution in [3.63, 3.8) is 0 Å². The van der Waals surface area contributed by atoms with Crippen molar-refractivity contribution in [3.05, 3.63) is 86.0 Å². The molecule has 0 aliphatic carbocycles. The van der Waals surface area contributed by atoms with Crippen LogP contribution < -0.4 is 8.85 Å². The molecule has 0 heterocycles. The van der Waals surface area contributed by atoms with Crippen LogP contribution in [0, 0.1) is 0 Å². The van der Waals surface area contributed by atoms with Gasteiger partial charge in [0.05, 0.1) is 0 Å². The number of rotatable bonds is 8. The summed E-state index contributed by atoms with van der Waals surface area (Å²) in [5.41, 5.74) is 0. The zero-order chi connectivity index (χ0) is 15.0. The van der Waals surface area contributed by atoms with Crippen LogP contribution in [0.1, 0.15) is 0 Å². The van der Waals surface area contributed by atoms with E-state index in [1.165, 1.54) is 0 Å². The molecule has 0 aromatic heterocycles. The van der Waals surface area contributed by atoms with E-state index in [4.69, 9.17) is 8.85 Å². The van der Waals surface area contributed by atoms with E-state index in [0.29, 0.717) is 12.1 Å². The van der Waals surface area contributed by atoms with Gasteiger partial charge in [0.25, 0.3) is 0 Å². The molecule has 0 N–H and O–H groups in total. The van der Waals surface area contributed by atoms with Crippen LogP contribution in [0.15, 0.2) is 86.0 Å². The molecule has 0 fully saturated rings. The lowest BCUT2D eigenvalue weighted by Crippen LogP contribution is -2.47. The third-order valence-corrected chi connectivity index (χ3v) is 6.04. The summed E-state index contributed by atoms with van der Waals surface area (Å²) in [5.74, 6) is 1.65. The second kappa shape index (κ2) is 7.50. The SMILES string of the molecule is C=CC[Si](CC=C)(Oc1ccccc1)Oc1ccccc1. The van der Waals surface area contributed by atoms with Crippen molar-refractivity contribution in [3.8, 4) is 11.5 Å². The average molecular weight is 296 g/mol. The van der Waals surface area contributed by atoms with Crippen LogP contribution in [0.3, 0.4) is 0 Å². The summed E-state index contributed by atoms with van der Waals surface area (Å²) in [4.78, 5) is 0. The molecule has 0 saturated heterocycles. The molecule has 2 aromatic carbocycles. The Morgan fingerprint density at radius 3 is 1.43 bits per heavy atom. The molecule has 2 aromatic rings. The first-order valence-electron chi connectivity index (χ1n) is 6.98. The highest BCUT2D eigenvalue weighted by atomic mass is 28.4. The third-order valence-electron chi connectivity index (χ3n) is 3.00. The van der Waals surface area contributed by atoms with Crippen LogP contribution in [-0.2, 0) is 0 Å². The van der Waals surface area contributed by atoms with Crippen LogP contribution in [0.25, 0.3) is 0 Å². The third kappa shape index (κ3) is 4.36. The fraction of sp³-hybridized carbons (Fsp3) is 0.111. The van der Waals surface area contributed by atoms with Gasteiger partial charge in [-0.2, -0.15) is 0 Å². The van der Waals surface area contributed by atoms with E-state index in [9.17, 15) is 0 Å². The molecule has 21 heavy (non-hydrogen) atoms. The summed E-state index contributed by atoms with van der Waals surface area (Å²) in [5, 5.41) is 0. The molecule has 108 valence electrons. The predicted octanol–water partition coefficient (Wildman–Crippen LogP) is 4.96. The maximum Gasteiger partial charge on any atom is 0.468 e. The minimum Gasteiger partial charge on any atom is -0.512 e. The van der Waals surface area contributed by atoms with Gasteiger partial charge in [0.2, 0.25) is 0 Å². The molecular formula is C18H20O2Si. The lowest BCUT2D eigenvalue weighted by atomic mass is 10.3. The standard InChI is InChI=1S/C18H20O2Si/c1-3-15-21(16-4-2,19-17-11-7-5-8-12-17)20-18-13-9-6-10-14-18/h3-14H,1-2,15-16H2. The highest BCUT2D eigenvalue weighted by Gasteiger charge is 2.39. The van der Waals surface area contributed by atoms with Gasteiger partial charge in [-0.05, 0) is 24.3 Å². The number of allylic oxidation sites excluding steroid dienone is 2. The molecule has 0 saturated carbocycles. The van der Waals surface area contributed by atoms with E-state index in [1.807, 2.05) is 72.8 Å². The van der Waals surface area contributed by atoms with Crippen LogP contribution >= 0.6 is 0 Å². The second-order valence-corrected chi connectivity index (χ2v) is 7.77. The summed E-state index contributed by atoms with van der Waals surface area (Å²) in [7, 11) is -2.51. The highest BCUT2D eigenvalue weighted by molar-refractivity contribution is 6.69. The maximum atomic E-state index is 6.26. The van der Waals surface area contributed by atoms with Crippen molar-refractivity contribution >= 4 is 8.56 Å². The fourth-order valence-corrected chi connectivity index (χ4v) is 4.67. The number of para-hydroxylation sites is 2. The molecule has 2 nitrogen and oxygen atoms in total. The zero-order valence-corrected chi connectivity index (χ0v) is 13.1. The van der Waals surface area contributed by atoms with Crippen molar-refractivity contribution in [2.45, 2.75) is 12.1 Å². The van der Waals surface area contributed by atoms with Gasteiger partial charge in [-0.25, -0.2) is 0 Å². The fourth-order valence-electron chi connectivity index (χ4n) is 2.12. The Morgan fingerprint density at radius 2 is 1.10 bits per heavy atom. The Balaban J connectivity index is 2.27. The molecule has 0 radical (unpaired) electrons. The van der Waals surface area contributed by atoms with Crippen LogP contribution in [0.4, 0.5) is 0 Å². The minimum atomic E-state index is -2.51.